The summed E-state index contributed by atoms with van der Waals surface area (Å²) in [5, 5.41) is 0. The lowest BCUT2D eigenvalue weighted by Gasteiger charge is -2.11. The van der Waals surface area contributed by atoms with Crippen molar-refractivity contribution in [3.05, 3.63) is 95.7 Å². The fraction of sp³-hybridized carbons (Fsp3) is 0.185. The molecule has 4 rings (SSSR count). The fourth-order valence-corrected chi connectivity index (χ4v) is 4.10. The first-order valence-electron chi connectivity index (χ1n) is 10.1. The monoisotopic (exact) mass is 380 g/mol. The summed E-state index contributed by atoms with van der Waals surface area (Å²) < 4.78 is 4.46. The number of hydrogen-bond donors (Lipinski definition) is 0. The second-order valence-electron chi connectivity index (χ2n) is 7.90. The Kier molecular flexibility index (Phi) is 5.02. The Labute approximate surface area is 173 Å². The molecule has 2 aromatic carbocycles. The normalized spacial score (nSPS) is 10.9. The van der Waals surface area contributed by atoms with Gasteiger partial charge in [0, 0.05) is 29.8 Å². The van der Waals surface area contributed by atoms with E-state index in [1.807, 2.05) is 0 Å². The molecule has 0 fully saturated rings. The van der Waals surface area contributed by atoms with Crippen molar-refractivity contribution in [1.82, 2.24) is 0 Å². The van der Waals surface area contributed by atoms with E-state index in [9.17, 15) is 0 Å². The topological polar surface area (TPSA) is 7.76 Å². The molecule has 0 radical (unpaired) electrons. The van der Waals surface area contributed by atoms with Gasteiger partial charge in [-0.25, -0.2) is 0 Å². The van der Waals surface area contributed by atoms with Crippen LogP contribution in [0.5, 0.6) is 0 Å². The van der Waals surface area contributed by atoms with Gasteiger partial charge in [0.15, 0.2) is 6.20 Å². The second kappa shape index (κ2) is 7.63. The summed E-state index contributed by atoms with van der Waals surface area (Å²) >= 11 is 0. The zero-order valence-corrected chi connectivity index (χ0v) is 17.9. The van der Waals surface area contributed by atoms with Gasteiger partial charge in [-0.3, -0.25) is 0 Å². The number of hydrogen-bond acceptors (Lipinski definition) is 0. The molecular formula is C27H28N2+2. The molecule has 0 bridgehead atoms. The maximum Gasteiger partial charge on any atom is 0.277 e. The zero-order chi connectivity index (χ0) is 20.5. The molecule has 29 heavy (non-hydrogen) atoms. The molecule has 0 atom stereocenters. The van der Waals surface area contributed by atoms with Gasteiger partial charge in [0.2, 0.25) is 5.69 Å². The van der Waals surface area contributed by atoms with Gasteiger partial charge in [0.25, 0.3) is 11.4 Å². The highest BCUT2D eigenvalue weighted by Gasteiger charge is 2.23. The number of aryl methyl sites for hydroxylation is 4. The summed E-state index contributed by atoms with van der Waals surface area (Å²) in [6.45, 7) is 6.53. The van der Waals surface area contributed by atoms with E-state index in [4.69, 9.17) is 0 Å². The third-order valence-electron chi connectivity index (χ3n) is 5.75. The van der Waals surface area contributed by atoms with Gasteiger partial charge in [-0.15, -0.1) is 0 Å². The van der Waals surface area contributed by atoms with Gasteiger partial charge in [0.05, 0.1) is 0 Å². The van der Waals surface area contributed by atoms with Crippen LogP contribution in [-0.4, -0.2) is 0 Å². The quantitative estimate of drug-likeness (QED) is 0.428. The molecule has 0 aliphatic carbocycles. The Hall–Kier alpha value is -3.26. The molecule has 2 aromatic heterocycles. The second-order valence-corrected chi connectivity index (χ2v) is 7.90. The van der Waals surface area contributed by atoms with Crippen molar-refractivity contribution in [2.45, 2.75) is 20.8 Å². The van der Waals surface area contributed by atoms with Gasteiger partial charge < -0.3 is 0 Å². The Morgan fingerprint density at radius 2 is 1.34 bits per heavy atom. The summed E-state index contributed by atoms with van der Waals surface area (Å²) in [4.78, 5) is 0. The number of pyridine rings is 2. The molecule has 0 unspecified atom stereocenters. The number of benzene rings is 2. The first kappa shape index (κ1) is 19.1. The van der Waals surface area contributed by atoms with Crippen LogP contribution in [0.15, 0.2) is 79.0 Å². The lowest BCUT2D eigenvalue weighted by Crippen LogP contribution is -2.39. The van der Waals surface area contributed by atoms with Crippen LogP contribution >= 0.6 is 0 Å². The minimum Gasteiger partial charge on any atom is -0.196 e. The Morgan fingerprint density at radius 3 is 2.10 bits per heavy atom. The third-order valence-corrected chi connectivity index (χ3v) is 5.75. The summed E-state index contributed by atoms with van der Waals surface area (Å²) in [6.07, 6.45) is 2.09. The van der Waals surface area contributed by atoms with Gasteiger partial charge in [-0.05, 0) is 61.2 Å². The standard InChI is InChI=1S/C27H28N2/c1-19-12-15-23(21(3)17-19)22-14-13-20(2)24(18-22)25-10-8-11-27(29(25)5)26-9-6-7-16-28(26)4/h6-18H,1-5H3/q+2. The van der Waals surface area contributed by atoms with Crippen molar-refractivity contribution in [2.24, 2.45) is 14.1 Å². The minimum atomic E-state index is 1.19. The van der Waals surface area contributed by atoms with E-state index >= 15 is 0 Å². The largest absolute Gasteiger partial charge is 0.277 e. The lowest BCUT2D eigenvalue weighted by atomic mass is 9.94. The minimum absolute atomic E-state index is 1.19. The maximum atomic E-state index is 2.33. The molecule has 0 aliphatic rings. The molecule has 0 saturated carbocycles. The summed E-state index contributed by atoms with van der Waals surface area (Å²) in [6, 6.07) is 26.3. The van der Waals surface area contributed by atoms with E-state index in [2.05, 4.69) is 123 Å². The van der Waals surface area contributed by atoms with E-state index in [0.29, 0.717) is 0 Å². The molecule has 2 nitrogen and oxygen atoms in total. The maximum absolute atomic E-state index is 2.33. The Balaban J connectivity index is 1.88. The van der Waals surface area contributed by atoms with Crippen molar-refractivity contribution >= 4 is 0 Å². The van der Waals surface area contributed by atoms with Crippen molar-refractivity contribution in [3.8, 4) is 33.8 Å². The first-order chi connectivity index (χ1) is 14.0. The molecule has 2 heterocycles. The third kappa shape index (κ3) is 3.58. The average molecular weight is 381 g/mol. The van der Waals surface area contributed by atoms with Crippen LogP contribution in [0.3, 0.4) is 0 Å². The van der Waals surface area contributed by atoms with Crippen molar-refractivity contribution in [3.63, 3.8) is 0 Å². The number of aromatic nitrogens is 2. The molecule has 4 aromatic rings. The predicted octanol–water partition coefficient (Wildman–Crippen LogP) is 5.26. The van der Waals surface area contributed by atoms with Gasteiger partial charge in [-0.1, -0.05) is 35.9 Å². The number of rotatable bonds is 3. The molecule has 0 aliphatic heterocycles. The smallest absolute Gasteiger partial charge is 0.196 e. The summed E-state index contributed by atoms with van der Waals surface area (Å²) in [7, 11) is 4.24. The van der Waals surface area contributed by atoms with Crippen molar-refractivity contribution in [2.75, 3.05) is 0 Å². The highest BCUT2D eigenvalue weighted by molar-refractivity contribution is 5.75. The molecular weight excluding hydrogens is 352 g/mol. The SMILES string of the molecule is Cc1ccc(-c2ccc(C)c(-c3cccc(-c4cccc[n+]4C)[n+]3C)c2)c(C)c1. The molecule has 0 N–H and O–H groups in total. The van der Waals surface area contributed by atoms with E-state index in [0.717, 1.165) is 0 Å². The van der Waals surface area contributed by atoms with Crippen LogP contribution in [0.1, 0.15) is 16.7 Å². The van der Waals surface area contributed by atoms with E-state index < -0.39 is 0 Å². The first-order valence-corrected chi connectivity index (χ1v) is 10.1. The fourth-order valence-electron chi connectivity index (χ4n) is 4.10. The van der Waals surface area contributed by atoms with E-state index in [1.54, 1.807) is 0 Å². The molecule has 0 spiro atoms. The van der Waals surface area contributed by atoms with Crippen LogP contribution in [0, 0.1) is 20.8 Å². The highest BCUT2D eigenvalue weighted by Crippen LogP contribution is 2.30. The van der Waals surface area contributed by atoms with E-state index in [1.165, 1.54) is 50.5 Å². The highest BCUT2D eigenvalue weighted by atomic mass is 15.0. The lowest BCUT2D eigenvalue weighted by molar-refractivity contribution is -0.685. The average Bonchev–Trinajstić information content (AvgIpc) is 2.70. The predicted molar refractivity (Wildman–Crippen MR) is 119 cm³/mol. The molecule has 0 amide bonds. The van der Waals surface area contributed by atoms with Crippen molar-refractivity contribution < 1.29 is 9.13 Å². The van der Waals surface area contributed by atoms with Gasteiger partial charge >= 0.3 is 0 Å². The summed E-state index contributed by atoms with van der Waals surface area (Å²) in [5.41, 5.74) is 11.3. The van der Waals surface area contributed by atoms with Crippen LogP contribution in [-0.2, 0) is 14.1 Å². The summed E-state index contributed by atoms with van der Waals surface area (Å²) in [5.74, 6) is 0. The molecule has 144 valence electrons. The molecule has 2 heteroatoms. The van der Waals surface area contributed by atoms with Crippen molar-refractivity contribution in [1.29, 1.82) is 0 Å². The van der Waals surface area contributed by atoms with Crippen LogP contribution in [0.2, 0.25) is 0 Å². The Morgan fingerprint density at radius 1 is 0.586 bits per heavy atom. The number of nitrogens with zero attached hydrogens (tertiary/aromatic N) is 2. The zero-order valence-electron chi connectivity index (χ0n) is 17.9. The van der Waals surface area contributed by atoms with Gasteiger partial charge in [-0.2, -0.15) is 9.13 Å². The van der Waals surface area contributed by atoms with Gasteiger partial charge in [0.1, 0.15) is 14.1 Å². The van der Waals surface area contributed by atoms with Crippen LogP contribution < -0.4 is 9.13 Å². The van der Waals surface area contributed by atoms with Crippen LogP contribution in [0.4, 0.5) is 0 Å². The Bertz CT molecular complexity index is 1210. The van der Waals surface area contributed by atoms with Crippen LogP contribution in [0.25, 0.3) is 33.8 Å². The van der Waals surface area contributed by atoms with E-state index in [-0.39, 0.29) is 0 Å². The molecule has 0 saturated heterocycles.